The Labute approximate surface area is 119 Å². The standard InChI is InChI=1S/C14H13FINO/c1-8-3-4-13(9(2)5-8)18-14-6-10(15)11(16)7-12(14)17/h3-7H,17H2,1-2H3. The Morgan fingerprint density at radius 1 is 1.11 bits per heavy atom. The number of ether oxygens (including phenoxy) is 1. The van der Waals surface area contributed by atoms with Gasteiger partial charge in [0.2, 0.25) is 0 Å². The van der Waals surface area contributed by atoms with Crippen LogP contribution in [0.1, 0.15) is 11.1 Å². The van der Waals surface area contributed by atoms with E-state index in [4.69, 9.17) is 10.5 Å². The first-order valence-corrected chi connectivity index (χ1v) is 6.55. The number of hydrogen-bond donors (Lipinski definition) is 1. The lowest BCUT2D eigenvalue weighted by Gasteiger charge is -2.12. The van der Waals surface area contributed by atoms with Crippen molar-refractivity contribution in [2.24, 2.45) is 0 Å². The highest BCUT2D eigenvalue weighted by molar-refractivity contribution is 14.1. The highest BCUT2D eigenvalue weighted by atomic mass is 127. The number of anilines is 1. The smallest absolute Gasteiger partial charge is 0.153 e. The summed E-state index contributed by atoms with van der Waals surface area (Å²) in [6.07, 6.45) is 0. The molecule has 0 bridgehead atoms. The number of aryl methyl sites for hydroxylation is 2. The van der Waals surface area contributed by atoms with Crippen LogP contribution in [0.3, 0.4) is 0 Å². The predicted molar refractivity (Wildman–Crippen MR) is 79.5 cm³/mol. The topological polar surface area (TPSA) is 35.2 Å². The van der Waals surface area contributed by atoms with E-state index in [-0.39, 0.29) is 5.82 Å². The molecular formula is C14H13FINO. The van der Waals surface area contributed by atoms with Gasteiger partial charge in [0.25, 0.3) is 0 Å². The summed E-state index contributed by atoms with van der Waals surface area (Å²) in [5, 5.41) is 0. The van der Waals surface area contributed by atoms with E-state index in [1.165, 1.54) is 6.07 Å². The molecule has 2 nitrogen and oxygen atoms in total. The summed E-state index contributed by atoms with van der Waals surface area (Å²) in [5.74, 6) is 0.706. The Morgan fingerprint density at radius 2 is 1.83 bits per heavy atom. The van der Waals surface area contributed by atoms with Crippen LogP contribution in [0.4, 0.5) is 10.1 Å². The summed E-state index contributed by atoms with van der Waals surface area (Å²) in [6, 6.07) is 8.70. The van der Waals surface area contributed by atoms with E-state index in [2.05, 4.69) is 0 Å². The monoisotopic (exact) mass is 357 g/mol. The lowest BCUT2D eigenvalue weighted by Crippen LogP contribution is -1.96. The van der Waals surface area contributed by atoms with Gasteiger partial charge in [-0.25, -0.2) is 4.39 Å². The molecule has 0 spiro atoms. The Bertz CT molecular complexity index is 599. The summed E-state index contributed by atoms with van der Waals surface area (Å²) in [5.41, 5.74) is 8.40. The first kappa shape index (κ1) is 13.1. The molecule has 94 valence electrons. The third kappa shape index (κ3) is 2.75. The molecule has 0 atom stereocenters. The van der Waals surface area contributed by atoms with Gasteiger partial charge in [0.1, 0.15) is 11.6 Å². The van der Waals surface area contributed by atoms with Crippen molar-refractivity contribution in [3.8, 4) is 11.5 Å². The molecule has 2 N–H and O–H groups in total. The predicted octanol–water partition coefficient (Wildman–Crippen LogP) is 4.42. The molecule has 0 radical (unpaired) electrons. The zero-order chi connectivity index (χ0) is 13.3. The molecule has 0 amide bonds. The second-order valence-corrected chi connectivity index (χ2v) is 5.34. The van der Waals surface area contributed by atoms with Crippen LogP contribution in [-0.2, 0) is 0 Å². The van der Waals surface area contributed by atoms with Crippen LogP contribution < -0.4 is 10.5 Å². The summed E-state index contributed by atoms with van der Waals surface area (Å²) in [6.45, 7) is 3.96. The fourth-order valence-electron chi connectivity index (χ4n) is 1.66. The maximum absolute atomic E-state index is 13.5. The molecule has 0 aromatic heterocycles. The van der Waals surface area contributed by atoms with Crippen LogP contribution in [0.5, 0.6) is 11.5 Å². The first-order valence-electron chi connectivity index (χ1n) is 5.47. The zero-order valence-electron chi connectivity index (χ0n) is 10.1. The number of nitrogens with two attached hydrogens (primary N) is 1. The molecule has 0 fully saturated rings. The molecule has 18 heavy (non-hydrogen) atoms. The van der Waals surface area contributed by atoms with Crippen molar-refractivity contribution >= 4 is 28.3 Å². The van der Waals surface area contributed by atoms with Gasteiger partial charge in [-0.3, -0.25) is 0 Å². The van der Waals surface area contributed by atoms with Gasteiger partial charge >= 0.3 is 0 Å². The number of rotatable bonds is 2. The van der Waals surface area contributed by atoms with Crippen LogP contribution in [0.25, 0.3) is 0 Å². The Balaban J connectivity index is 2.37. The third-order valence-electron chi connectivity index (χ3n) is 2.60. The average Bonchev–Trinajstić information content (AvgIpc) is 2.29. The fraction of sp³-hybridized carbons (Fsp3) is 0.143. The maximum Gasteiger partial charge on any atom is 0.153 e. The molecule has 0 aliphatic carbocycles. The van der Waals surface area contributed by atoms with Gasteiger partial charge in [-0.15, -0.1) is 0 Å². The van der Waals surface area contributed by atoms with Crippen molar-refractivity contribution in [1.82, 2.24) is 0 Å². The van der Waals surface area contributed by atoms with Gasteiger partial charge in [0, 0.05) is 6.07 Å². The van der Waals surface area contributed by atoms with Crippen molar-refractivity contribution in [1.29, 1.82) is 0 Å². The highest BCUT2D eigenvalue weighted by Crippen LogP contribution is 2.32. The van der Waals surface area contributed by atoms with Crippen LogP contribution >= 0.6 is 22.6 Å². The van der Waals surface area contributed by atoms with Crippen LogP contribution in [-0.4, -0.2) is 0 Å². The van der Waals surface area contributed by atoms with E-state index < -0.39 is 0 Å². The third-order valence-corrected chi connectivity index (χ3v) is 3.43. The van der Waals surface area contributed by atoms with Crippen LogP contribution in [0.15, 0.2) is 30.3 Å². The Hall–Kier alpha value is -1.30. The lowest BCUT2D eigenvalue weighted by atomic mass is 10.1. The molecule has 4 heteroatoms. The number of hydrogen-bond acceptors (Lipinski definition) is 2. The van der Waals surface area contributed by atoms with E-state index >= 15 is 0 Å². The molecule has 0 saturated heterocycles. The van der Waals surface area contributed by atoms with Crippen LogP contribution in [0, 0.1) is 23.2 Å². The molecule has 2 aromatic carbocycles. The van der Waals surface area contributed by atoms with Gasteiger partial charge in [0.05, 0.1) is 9.26 Å². The molecule has 2 aromatic rings. The Kier molecular flexibility index (Phi) is 3.75. The fourth-order valence-corrected chi connectivity index (χ4v) is 2.16. The van der Waals surface area contributed by atoms with E-state index in [0.29, 0.717) is 20.8 Å². The van der Waals surface area contributed by atoms with Crippen molar-refractivity contribution in [3.63, 3.8) is 0 Å². The normalized spacial score (nSPS) is 10.4. The van der Waals surface area contributed by atoms with Gasteiger partial charge in [0.15, 0.2) is 5.75 Å². The van der Waals surface area contributed by atoms with Gasteiger partial charge < -0.3 is 10.5 Å². The molecule has 0 aliphatic heterocycles. The summed E-state index contributed by atoms with van der Waals surface area (Å²) < 4.78 is 19.6. The quantitative estimate of drug-likeness (QED) is 0.638. The first-order chi connectivity index (χ1) is 8.47. The van der Waals surface area contributed by atoms with Crippen molar-refractivity contribution < 1.29 is 9.13 Å². The maximum atomic E-state index is 13.5. The Morgan fingerprint density at radius 3 is 2.50 bits per heavy atom. The summed E-state index contributed by atoms with van der Waals surface area (Å²) >= 11 is 1.90. The van der Waals surface area contributed by atoms with Crippen molar-refractivity contribution in [2.45, 2.75) is 13.8 Å². The second-order valence-electron chi connectivity index (χ2n) is 4.18. The molecule has 0 unspecified atom stereocenters. The van der Waals surface area contributed by atoms with Gasteiger partial charge in [-0.2, -0.15) is 0 Å². The number of halogens is 2. The minimum absolute atomic E-state index is 0.329. The van der Waals surface area contributed by atoms with Crippen molar-refractivity contribution in [2.75, 3.05) is 5.73 Å². The summed E-state index contributed by atoms with van der Waals surface area (Å²) in [7, 11) is 0. The van der Waals surface area contributed by atoms with Gasteiger partial charge in [-0.05, 0) is 54.1 Å². The number of benzene rings is 2. The average molecular weight is 357 g/mol. The molecular weight excluding hydrogens is 344 g/mol. The molecule has 0 saturated carbocycles. The molecule has 0 aliphatic rings. The zero-order valence-corrected chi connectivity index (χ0v) is 12.3. The highest BCUT2D eigenvalue weighted by Gasteiger charge is 2.09. The lowest BCUT2D eigenvalue weighted by molar-refractivity contribution is 0.475. The van der Waals surface area contributed by atoms with E-state index in [1.807, 2.05) is 54.6 Å². The minimum atomic E-state index is -0.329. The van der Waals surface area contributed by atoms with E-state index in [9.17, 15) is 4.39 Å². The molecule has 0 heterocycles. The van der Waals surface area contributed by atoms with Crippen molar-refractivity contribution in [3.05, 3.63) is 50.8 Å². The van der Waals surface area contributed by atoms with E-state index in [1.54, 1.807) is 6.07 Å². The number of nitrogen functional groups attached to an aromatic ring is 1. The SMILES string of the molecule is Cc1ccc(Oc2cc(F)c(I)cc2N)c(C)c1. The van der Waals surface area contributed by atoms with Gasteiger partial charge in [-0.1, -0.05) is 17.7 Å². The minimum Gasteiger partial charge on any atom is -0.455 e. The second kappa shape index (κ2) is 5.14. The van der Waals surface area contributed by atoms with Crippen LogP contribution in [0.2, 0.25) is 0 Å². The van der Waals surface area contributed by atoms with E-state index in [0.717, 1.165) is 11.1 Å². The largest absolute Gasteiger partial charge is 0.455 e. The molecule has 2 rings (SSSR count). The summed E-state index contributed by atoms with van der Waals surface area (Å²) in [4.78, 5) is 0.